The van der Waals surface area contributed by atoms with Crippen molar-refractivity contribution in [1.29, 1.82) is 0 Å². The number of hydrogen-bond donors (Lipinski definition) is 1. The van der Waals surface area contributed by atoms with Crippen LogP contribution < -0.4 is 14.4 Å². The van der Waals surface area contributed by atoms with E-state index in [4.69, 9.17) is 4.74 Å². The van der Waals surface area contributed by atoms with E-state index in [0.29, 0.717) is 29.7 Å². The Hall–Kier alpha value is -1.76. The van der Waals surface area contributed by atoms with Gasteiger partial charge in [0.25, 0.3) is 5.91 Å². The Kier molecular flexibility index (Phi) is 5.98. The molecule has 7 heteroatoms. The molecule has 0 spiro atoms. The minimum absolute atomic E-state index is 0.0422. The Balaban J connectivity index is 2.25. The molecular weight excluding hydrogens is 340 g/mol. The Bertz CT molecular complexity index is 708. The van der Waals surface area contributed by atoms with Crippen LogP contribution in [0.1, 0.15) is 34.1 Å². The van der Waals surface area contributed by atoms with E-state index in [1.54, 1.807) is 24.3 Å². The van der Waals surface area contributed by atoms with Gasteiger partial charge in [0.2, 0.25) is 10.0 Å². The third-order valence-electron chi connectivity index (χ3n) is 4.44. The Morgan fingerprint density at radius 3 is 2.36 bits per heavy atom. The van der Waals surface area contributed by atoms with Gasteiger partial charge in [0.05, 0.1) is 11.9 Å². The summed E-state index contributed by atoms with van der Waals surface area (Å²) < 4.78 is 31.4. The van der Waals surface area contributed by atoms with Crippen LogP contribution >= 0.6 is 0 Å². The maximum absolute atomic E-state index is 12.7. The van der Waals surface area contributed by atoms with Crippen LogP contribution in [0.5, 0.6) is 5.75 Å². The van der Waals surface area contributed by atoms with Crippen molar-refractivity contribution in [2.75, 3.05) is 17.1 Å². The lowest BCUT2D eigenvalue weighted by Gasteiger charge is -2.28. The molecule has 0 saturated carbocycles. The third kappa shape index (κ3) is 4.66. The zero-order valence-corrected chi connectivity index (χ0v) is 16.3. The molecule has 6 nitrogen and oxygen atoms in total. The number of para-hydroxylation sites is 2. The molecule has 1 aliphatic rings. The fraction of sp³-hybridized carbons (Fsp3) is 0.611. The zero-order valence-electron chi connectivity index (χ0n) is 15.5. The van der Waals surface area contributed by atoms with Crippen LogP contribution in [0, 0.1) is 11.8 Å². The quantitative estimate of drug-likeness (QED) is 0.866. The lowest BCUT2D eigenvalue weighted by atomic mass is 9.93. The average Bonchev–Trinajstić information content (AvgIpc) is 2.70. The van der Waals surface area contributed by atoms with Gasteiger partial charge >= 0.3 is 0 Å². The number of nitrogens with zero attached hydrogens (tertiary/aromatic N) is 1. The summed E-state index contributed by atoms with van der Waals surface area (Å²) in [5.74, 6) is 0.817. The topological polar surface area (TPSA) is 75.7 Å². The van der Waals surface area contributed by atoms with E-state index < -0.39 is 16.1 Å². The van der Waals surface area contributed by atoms with Gasteiger partial charge in [0, 0.05) is 19.0 Å². The summed E-state index contributed by atoms with van der Waals surface area (Å²) in [4.78, 5) is 12.7. The van der Waals surface area contributed by atoms with Gasteiger partial charge in [-0.15, -0.1) is 0 Å². The summed E-state index contributed by atoms with van der Waals surface area (Å²) in [7, 11) is -3.44. The van der Waals surface area contributed by atoms with Gasteiger partial charge in [-0.2, -0.15) is 0 Å². The molecule has 0 saturated heterocycles. The number of hydrogen-bond acceptors (Lipinski definition) is 4. The van der Waals surface area contributed by atoms with Gasteiger partial charge in [-0.1, -0.05) is 39.8 Å². The van der Waals surface area contributed by atoms with Crippen molar-refractivity contribution in [1.82, 2.24) is 5.32 Å². The van der Waals surface area contributed by atoms with Crippen LogP contribution in [0.4, 0.5) is 5.69 Å². The number of carbonyl (C=O) groups excluding carboxylic acids is 1. The number of anilines is 1. The molecule has 1 N–H and O–H groups in total. The number of benzene rings is 1. The van der Waals surface area contributed by atoms with E-state index in [2.05, 4.69) is 33.0 Å². The number of amides is 1. The zero-order chi connectivity index (χ0) is 18.8. The van der Waals surface area contributed by atoms with E-state index in [1.807, 2.05) is 0 Å². The molecule has 1 heterocycles. The molecule has 140 valence electrons. The minimum atomic E-state index is -3.44. The first-order chi connectivity index (χ1) is 11.6. The second-order valence-electron chi connectivity index (χ2n) is 7.22. The van der Waals surface area contributed by atoms with Crippen molar-refractivity contribution >= 4 is 21.6 Å². The fourth-order valence-corrected chi connectivity index (χ4v) is 4.16. The number of nitrogens with one attached hydrogen (secondary N) is 1. The van der Waals surface area contributed by atoms with Crippen molar-refractivity contribution in [2.24, 2.45) is 11.8 Å². The summed E-state index contributed by atoms with van der Waals surface area (Å²) in [6.07, 6.45) is 0.752. The Morgan fingerprint density at radius 1 is 1.20 bits per heavy atom. The molecule has 0 aliphatic carbocycles. The first kappa shape index (κ1) is 19.6. The first-order valence-electron chi connectivity index (χ1n) is 8.65. The highest BCUT2D eigenvalue weighted by molar-refractivity contribution is 7.92. The summed E-state index contributed by atoms with van der Waals surface area (Å²) in [6, 6.07) is 6.96. The van der Waals surface area contributed by atoms with Crippen molar-refractivity contribution in [2.45, 2.75) is 46.3 Å². The van der Waals surface area contributed by atoms with Gasteiger partial charge in [-0.25, -0.2) is 8.42 Å². The molecule has 1 aliphatic heterocycles. The fourth-order valence-electron chi connectivity index (χ4n) is 3.22. The number of carbonyl (C=O) groups is 1. The van der Waals surface area contributed by atoms with Gasteiger partial charge < -0.3 is 10.1 Å². The molecule has 1 aromatic rings. The van der Waals surface area contributed by atoms with E-state index in [-0.39, 0.29) is 18.5 Å². The van der Waals surface area contributed by atoms with E-state index >= 15 is 0 Å². The van der Waals surface area contributed by atoms with Crippen LogP contribution in [-0.4, -0.2) is 39.3 Å². The third-order valence-corrected chi connectivity index (χ3v) is 5.62. The molecule has 0 aromatic heterocycles. The smallest absolute Gasteiger partial charge is 0.261 e. The summed E-state index contributed by atoms with van der Waals surface area (Å²) in [5.41, 5.74) is 0.476. The normalized spacial score (nSPS) is 18.1. The van der Waals surface area contributed by atoms with E-state index in [0.717, 1.165) is 6.26 Å². The van der Waals surface area contributed by atoms with Crippen LogP contribution in [0.3, 0.4) is 0 Å². The molecule has 0 radical (unpaired) electrons. The summed E-state index contributed by atoms with van der Waals surface area (Å²) in [5, 5.41) is 3.07. The number of ether oxygens (including phenoxy) is 1. The lowest BCUT2D eigenvalue weighted by molar-refractivity contribution is -0.129. The predicted octanol–water partition coefficient (Wildman–Crippen LogP) is 2.40. The van der Waals surface area contributed by atoms with E-state index in [1.165, 1.54) is 4.31 Å². The molecule has 1 amide bonds. The largest absolute Gasteiger partial charge is 0.478 e. The highest BCUT2D eigenvalue weighted by Crippen LogP contribution is 2.33. The van der Waals surface area contributed by atoms with Gasteiger partial charge in [0.15, 0.2) is 6.10 Å². The maximum atomic E-state index is 12.7. The highest BCUT2D eigenvalue weighted by atomic mass is 32.2. The minimum Gasteiger partial charge on any atom is -0.478 e. The lowest BCUT2D eigenvalue weighted by Crippen LogP contribution is -2.48. The molecule has 0 fully saturated rings. The number of fused-ring (bicyclic) bond motifs is 1. The Labute approximate surface area is 150 Å². The number of rotatable bonds is 5. The van der Waals surface area contributed by atoms with Gasteiger partial charge in [-0.05, 0) is 24.0 Å². The van der Waals surface area contributed by atoms with E-state index in [9.17, 15) is 13.2 Å². The van der Waals surface area contributed by atoms with Crippen molar-refractivity contribution in [3.05, 3.63) is 24.3 Å². The van der Waals surface area contributed by atoms with Crippen LogP contribution in [-0.2, 0) is 14.8 Å². The van der Waals surface area contributed by atoms with Gasteiger partial charge in [-0.3, -0.25) is 9.10 Å². The monoisotopic (exact) mass is 368 g/mol. The van der Waals surface area contributed by atoms with Crippen molar-refractivity contribution in [3.63, 3.8) is 0 Å². The number of sulfonamides is 1. The molecule has 25 heavy (non-hydrogen) atoms. The molecular formula is C18H28N2O4S. The van der Waals surface area contributed by atoms with Crippen LogP contribution in [0.2, 0.25) is 0 Å². The SMILES string of the molecule is CC(C)C(NC(=O)[C@H]1CCN(S(C)(=O)=O)c2ccccc2O1)C(C)C. The molecule has 2 rings (SSSR count). The van der Waals surface area contributed by atoms with Crippen LogP contribution in [0.25, 0.3) is 0 Å². The Morgan fingerprint density at radius 2 is 1.80 bits per heavy atom. The summed E-state index contributed by atoms with van der Waals surface area (Å²) in [6.45, 7) is 8.49. The van der Waals surface area contributed by atoms with Crippen molar-refractivity contribution in [3.8, 4) is 5.75 Å². The standard InChI is InChI=1S/C18H28N2O4S/c1-12(2)17(13(3)4)19-18(21)16-10-11-20(25(5,22)23)14-8-6-7-9-15(14)24-16/h6-9,12-13,16-17H,10-11H2,1-5H3,(H,19,21)/t16-/m1/s1. The predicted molar refractivity (Wildman–Crippen MR) is 99.3 cm³/mol. The average molecular weight is 368 g/mol. The molecule has 1 aromatic carbocycles. The first-order valence-corrected chi connectivity index (χ1v) is 10.5. The second-order valence-corrected chi connectivity index (χ2v) is 9.13. The molecule has 1 atom stereocenters. The summed E-state index contributed by atoms with van der Waals surface area (Å²) >= 11 is 0. The highest BCUT2D eigenvalue weighted by Gasteiger charge is 2.32. The van der Waals surface area contributed by atoms with Crippen molar-refractivity contribution < 1.29 is 17.9 Å². The molecule has 0 bridgehead atoms. The maximum Gasteiger partial charge on any atom is 0.261 e. The second kappa shape index (κ2) is 7.64. The van der Waals surface area contributed by atoms with Gasteiger partial charge in [0.1, 0.15) is 5.75 Å². The molecule has 0 unspecified atom stereocenters. The van der Waals surface area contributed by atoms with Crippen LogP contribution in [0.15, 0.2) is 24.3 Å².